The van der Waals surface area contributed by atoms with Crippen molar-refractivity contribution in [3.05, 3.63) is 41.5 Å². The molecular formula is C12H17NO. The highest BCUT2D eigenvalue weighted by Crippen LogP contribution is 2.08. The number of aryl methyl sites for hydroxylation is 1. The van der Waals surface area contributed by atoms with E-state index in [0.29, 0.717) is 0 Å². The smallest absolute Gasteiger partial charge is 0.0615 e. The number of aliphatic hydroxyl groups excluding tert-OH is 1. The second kappa shape index (κ2) is 6.35. The molecule has 0 atom stereocenters. The van der Waals surface area contributed by atoms with Crippen LogP contribution in [0.25, 0.3) is 6.08 Å². The normalized spacial score (nSPS) is 11.0. The van der Waals surface area contributed by atoms with Gasteiger partial charge in [0.2, 0.25) is 0 Å². The van der Waals surface area contributed by atoms with Crippen molar-refractivity contribution >= 4 is 6.08 Å². The largest absolute Gasteiger partial charge is 0.392 e. The Balaban J connectivity index is 2.63. The third kappa shape index (κ3) is 3.73. The molecule has 0 unspecified atom stereocenters. The molecule has 76 valence electrons. The Kier molecular flexibility index (Phi) is 4.97. The van der Waals surface area contributed by atoms with Crippen molar-refractivity contribution in [2.24, 2.45) is 5.73 Å². The number of hydrogen-bond donors (Lipinski definition) is 2. The van der Waals surface area contributed by atoms with Gasteiger partial charge in [-0.05, 0) is 30.5 Å². The third-order valence-electron chi connectivity index (χ3n) is 2.04. The molecule has 1 rings (SSSR count). The lowest BCUT2D eigenvalue weighted by Gasteiger charge is -2.00. The van der Waals surface area contributed by atoms with E-state index in [1.54, 1.807) is 6.08 Å². The third-order valence-corrected chi connectivity index (χ3v) is 2.04. The molecule has 0 saturated heterocycles. The average molecular weight is 191 g/mol. The Morgan fingerprint density at radius 1 is 1.36 bits per heavy atom. The lowest BCUT2D eigenvalue weighted by molar-refractivity contribution is 0.343. The van der Waals surface area contributed by atoms with Gasteiger partial charge < -0.3 is 10.8 Å². The molecule has 1 aromatic rings. The van der Waals surface area contributed by atoms with Crippen molar-refractivity contribution in [3.63, 3.8) is 0 Å². The maximum Gasteiger partial charge on any atom is 0.0615 e. The van der Waals surface area contributed by atoms with Crippen LogP contribution < -0.4 is 5.73 Å². The summed E-state index contributed by atoms with van der Waals surface area (Å²) in [6.45, 7) is 0.823. The van der Waals surface area contributed by atoms with Crippen LogP contribution in [0.1, 0.15) is 17.5 Å². The molecule has 0 spiro atoms. The highest BCUT2D eigenvalue weighted by molar-refractivity contribution is 5.50. The molecule has 0 aliphatic rings. The van der Waals surface area contributed by atoms with Gasteiger partial charge in [0.15, 0.2) is 0 Å². The minimum Gasteiger partial charge on any atom is -0.392 e. The van der Waals surface area contributed by atoms with Crippen LogP contribution in [0.3, 0.4) is 0 Å². The molecule has 0 fully saturated rings. The Morgan fingerprint density at radius 2 is 2.21 bits per heavy atom. The SMILES string of the molecule is NCCCc1cccc(C=CCO)c1. The Hall–Kier alpha value is -1.12. The fraction of sp³-hybridized carbons (Fsp3) is 0.333. The van der Waals surface area contributed by atoms with Gasteiger partial charge in [-0.3, -0.25) is 0 Å². The summed E-state index contributed by atoms with van der Waals surface area (Å²) >= 11 is 0. The summed E-state index contributed by atoms with van der Waals surface area (Å²) in [7, 11) is 0. The van der Waals surface area contributed by atoms with Gasteiger partial charge in [-0.1, -0.05) is 36.4 Å². The summed E-state index contributed by atoms with van der Waals surface area (Å²) in [5, 5.41) is 8.63. The molecule has 0 aliphatic heterocycles. The minimum absolute atomic E-state index is 0.0903. The van der Waals surface area contributed by atoms with Crippen LogP contribution in [0.15, 0.2) is 30.3 Å². The van der Waals surface area contributed by atoms with Crippen LogP contribution >= 0.6 is 0 Å². The molecule has 0 amide bonds. The van der Waals surface area contributed by atoms with E-state index in [4.69, 9.17) is 10.8 Å². The highest BCUT2D eigenvalue weighted by atomic mass is 16.2. The number of hydrogen-bond acceptors (Lipinski definition) is 2. The highest BCUT2D eigenvalue weighted by Gasteiger charge is 1.92. The lowest BCUT2D eigenvalue weighted by Crippen LogP contribution is -2.00. The Morgan fingerprint density at radius 3 is 2.93 bits per heavy atom. The van der Waals surface area contributed by atoms with Gasteiger partial charge in [0.05, 0.1) is 6.61 Å². The van der Waals surface area contributed by atoms with Crippen molar-refractivity contribution in [3.8, 4) is 0 Å². The fourth-order valence-electron chi connectivity index (χ4n) is 1.35. The van der Waals surface area contributed by atoms with E-state index in [0.717, 1.165) is 24.9 Å². The van der Waals surface area contributed by atoms with Gasteiger partial charge in [0.25, 0.3) is 0 Å². The first-order valence-electron chi connectivity index (χ1n) is 4.93. The molecule has 3 N–H and O–H groups in total. The van der Waals surface area contributed by atoms with Gasteiger partial charge in [0.1, 0.15) is 0 Å². The summed E-state index contributed by atoms with van der Waals surface area (Å²) in [4.78, 5) is 0. The van der Waals surface area contributed by atoms with E-state index in [-0.39, 0.29) is 6.61 Å². The van der Waals surface area contributed by atoms with E-state index in [1.807, 2.05) is 18.2 Å². The van der Waals surface area contributed by atoms with Crippen LogP contribution in [-0.4, -0.2) is 18.3 Å². The zero-order valence-corrected chi connectivity index (χ0v) is 8.32. The van der Waals surface area contributed by atoms with E-state index >= 15 is 0 Å². The van der Waals surface area contributed by atoms with Crippen LogP contribution in [0, 0.1) is 0 Å². The van der Waals surface area contributed by atoms with Gasteiger partial charge >= 0.3 is 0 Å². The van der Waals surface area contributed by atoms with Crippen molar-refractivity contribution in [1.29, 1.82) is 0 Å². The first-order chi connectivity index (χ1) is 6.86. The van der Waals surface area contributed by atoms with E-state index in [1.165, 1.54) is 5.56 Å². The zero-order valence-electron chi connectivity index (χ0n) is 8.32. The predicted molar refractivity (Wildman–Crippen MR) is 59.9 cm³/mol. The summed E-state index contributed by atoms with van der Waals surface area (Å²) in [5.74, 6) is 0. The standard InChI is InChI=1S/C12H17NO/c13-8-2-6-11-4-1-5-12(10-11)7-3-9-14/h1,3-5,7,10,14H,2,6,8-9,13H2. The van der Waals surface area contributed by atoms with E-state index in [9.17, 15) is 0 Å². The summed E-state index contributed by atoms with van der Waals surface area (Å²) in [6.07, 6.45) is 5.71. The first-order valence-corrected chi connectivity index (χ1v) is 4.93. The second-order valence-corrected chi connectivity index (χ2v) is 3.22. The van der Waals surface area contributed by atoms with Gasteiger partial charge in [-0.15, -0.1) is 0 Å². The quantitative estimate of drug-likeness (QED) is 0.742. The summed E-state index contributed by atoms with van der Waals surface area (Å²) in [6, 6.07) is 8.29. The molecule has 0 heterocycles. The Bertz CT molecular complexity index is 294. The number of aliphatic hydroxyl groups is 1. The van der Waals surface area contributed by atoms with Crippen molar-refractivity contribution in [2.75, 3.05) is 13.2 Å². The second-order valence-electron chi connectivity index (χ2n) is 3.22. The van der Waals surface area contributed by atoms with Crippen LogP contribution in [-0.2, 0) is 6.42 Å². The number of benzene rings is 1. The zero-order chi connectivity index (χ0) is 10.2. The molecule has 0 radical (unpaired) electrons. The van der Waals surface area contributed by atoms with Crippen LogP contribution in [0.2, 0.25) is 0 Å². The van der Waals surface area contributed by atoms with Crippen molar-refractivity contribution in [2.45, 2.75) is 12.8 Å². The monoisotopic (exact) mass is 191 g/mol. The topological polar surface area (TPSA) is 46.2 Å². The molecule has 2 nitrogen and oxygen atoms in total. The minimum atomic E-state index is 0.0903. The Labute approximate surface area is 85.1 Å². The van der Waals surface area contributed by atoms with E-state index < -0.39 is 0 Å². The summed E-state index contributed by atoms with van der Waals surface area (Å²) in [5.41, 5.74) is 7.88. The van der Waals surface area contributed by atoms with Crippen LogP contribution in [0.5, 0.6) is 0 Å². The van der Waals surface area contributed by atoms with Crippen LogP contribution in [0.4, 0.5) is 0 Å². The molecule has 14 heavy (non-hydrogen) atoms. The molecular weight excluding hydrogens is 174 g/mol. The van der Waals surface area contributed by atoms with Crippen molar-refractivity contribution < 1.29 is 5.11 Å². The fourth-order valence-corrected chi connectivity index (χ4v) is 1.35. The molecule has 0 aliphatic carbocycles. The molecule has 1 aromatic carbocycles. The predicted octanol–water partition coefficient (Wildman–Crippen LogP) is 1.58. The van der Waals surface area contributed by atoms with Gasteiger partial charge in [0, 0.05) is 0 Å². The number of rotatable bonds is 5. The number of nitrogens with two attached hydrogens (primary N) is 1. The average Bonchev–Trinajstić information content (AvgIpc) is 2.24. The van der Waals surface area contributed by atoms with Gasteiger partial charge in [-0.2, -0.15) is 0 Å². The van der Waals surface area contributed by atoms with Crippen molar-refractivity contribution in [1.82, 2.24) is 0 Å². The van der Waals surface area contributed by atoms with Gasteiger partial charge in [-0.25, -0.2) is 0 Å². The molecule has 0 aromatic heterocycles. The maximum absolute atomic E-state index is 8.63. The molecule has 0 bridgehead atoms. The van der Waals surface area contributed by atoms with E-state index in [2.05, 4.69) is 12.1 Å². The first kappa shape index (κ1) is 11.0. The maximum atomic E-state index is 8.63. The molecule has 2 heteroatoms. The summed E-state index contributed by atoms with van der Waals surface area (Å²) < 4.78 is 0. The lowest BCUT2D eigenvalue weighted by atomic mass is 10.1. The molecule has 0 saturated carbocycles.